The summed E-state index contributed by atoms with van der Waals surface area (Å²) in [6.45, 7) is 4.24. The zero-order valence-electron chi connectivity index (χ0n) is 11.3. The second kappa shape index (κ2) is 8.11. The van der Waals surface area contributed by atoms with Gasteiger partial charge in [-0.15, -0.1) is 0 Å². The molecule has 0 saturated carbocycles. The number of ether oxygens (including phenoxy) is 1. The second-order valence-corrected chi connectivity index (χ2v) is 4.62. The van der Waals surface area contributed by atoms with Gasteiger partial charge in [-0.1, -0.05) is 26.0 Å². The largest absolute Gasteiger partial charge is 0.491 e. The first kappa shape index (κ1) is 15.0. The molecule has 0 heterocycles. The minimum atomic E-state index is -0.407. The van der Waals surface area contributed by atoms with Crippen LogP contribution < -0.4 is 4.74 Å². The van der Waals surface area contributed by atoms with Gasteiger partial charge in [0.15, 0.2) is 0 Å². The van der Waals surface area contributed by atoms with E-state index in [1.54, 1.807) is 0 Å². The van der Waals surface area contributed by atoms with E-state index >= 15 is 0 Å². The van der Waals surface area contributed by atoms with E-state index < -0.39 is 6.10 Å². The monoisotopic (exact) mass is 252 g/mol. The summed E-state index contributed by atoms with van der Waals surface area (Å²) in [6.07, 6.45) is 2.48. The average molecular weight is 252 g/mol. The molecule has 0 aliphatic carbocycles. The van der Waals surface area contributed by atoms with Gasteiger partial charge in [0.25, 0.3) is 0 Å². The van der Waals surface area contributed by atoms with Crippen molar-refractivity contribution in [2.45, 2.75) is 51.7 Å². The Bertz CT molecular complexity index is 309. The van der Waals surface area contributed by atoms with Gasteiger partial charge in [-0.3, -0.25) is 0 Å². The molecule has 0 saturated heterocycles. The molecule has 0 aliphatic rings. The summed E-state index contributed by atoms with van der Waals surface area (Å²) in [4.78, 5) is 0. The van der Waals surface area contributed by atoms with E-state index in [2.05, 4.69) is 0 Å². The van der Waals surface area contributed by atoms with Crippen molar-refractivity contribution in [3.05, 3.63) is 29.8 Å². The lowest BCUT2D eigenvalue weighted by Crippen LogP contribution is -2.16. The van der Waals surface area contributed by atoms with Crippen LogP contribution in [-0.4, -0.2) is 29.0 Å². The Labute approximate surface area is 109 Å². The first-order valence-electron chi connectivity index (χ1n) is 6.73. The highest BCUT2D eigenvalue weighted by molar-refractivity contribution is 5.28. The molecular formula is C15H24O3. The number of aliphatic hydroxyl groups excluding tert-OH is 2. The highest BCUT2D eigenvalue weighted by atomic mass is 16.5. The topological polar surface area (TPSA) is 49.7 Å². The van der Waals surface area contributed by atoms with Crippen LogP contribution in [0.15, 0.2) is 24.3 Å². The van der Waals surface area contributed by atoms with E-state index in [-0.39, 0.29) is 6.10 Å². The third-order valence-corrected chi connectivity index (χ3v) is 3.05. The Hall–Kier alpha value is -1.06. The van der Waals surface area contributed by atoms with Crippen LogP contribution in [-0.2, 0) is 6.42 Å². The molecule has 0 amide bonds. The van der Waals surface area contributed by atoms with Gasteiger partial charge >= 0.3 is 0 Å². The van der Waals surface area contributed by atoms with Crippen molar-refractivity contribution in [2.75, 3.05) is 6.61 Å². The van der Waals surface area contributed by atoms with Crippen molar-refractivity contribution in [1.82, 2.24) is 0 Å². The van der Waals surface area contributed by atoms with E-state index in [0.717, 1.165) is 30.6 Å². The zero-order valence-corrected chi connectivity index (χ0v) is 11.3. The first-order chi connectivity index (χ1) is 8.65. The van der Waals surface area contributed by atoms with E-state index in [1.165, 1.54) is 0 Å². The zero-order chi connectivity index (χ0) is 13.4. The summed E-state index contributed by atoms with van der Waals surface area (Å²) in [5.74, 6) is 0.783. The minimum Gasteiger partial charge on any atom is -0.491 e. The molecule has 3 heteroatoms. The standard InChI is InChI=1S/C15H24O3/c1-3-13(16)9-8-12-6-5-7-15(10-12)18-11-14(17)4-2/h5-7,10,13-14,16-17H,3-4,8-9,11H2,1-2H3. The molecule has 1 rings (SSSR count). The molecule has 0 aliphatic heterocycles. The molecule has 0 bridgehead atoms. The van der Waals surface area contributed by atoms with Crippen molar-refractivity contribution in [1.29, 1.82) is 0 Å². The van der Waals surface area contributed by atoms with Gasteiger partial charge < -0.3 is 14.9 Å². The number of rotatable bonds is 8. The molecular weight excluding hydrogens is 228 g/mol. The first-order valence-corrected chi connectivity index (χ1v) is 6.73. The van der Waals surface area contributed by atoms with Crippen LogP contribution in [0.2, 0.25) is 0 Å². The predicted octanol–water partition coefficient (Wildman–Crippen LogP) is 2.54. The molecule has 2 atom stereocenters. The van der Waals surface area contributed by atoms with Crippen molar-refractivity contribution in [3.8, 4) is 5.75 Å². The van der Waals surface area contributed by atoms with Gasteiger partial charge in [-0.05, 0) is 43.4 Å². The van der Waals surface area contributed by atoms with Crippen LogP contribution in [0.4, 0.5) is 0 Å². The summed E-state index contributed by atoms with van der Waals surface area (Å²) >= 11 is 0. The maximum Gasteiger partial charge on any atom is 0.119 e. The second-order valence-electron chi connectivity index (χ2n) is 4.62. The molecule has 3 nitrogen and oxygen atoms in total. The van der Waals surface area contributed by atoms with Crippen LogP contribution in [0.25, 0.3) is 0 Å². The fourth-order valence-electron chi connectivity index (χ4n) is 1.64. The lowest BCUT2D eigenvalue weighted by molar-refractivity contribution is 0.104. The Morgan fingerprint density at radius 1 is 1.11 bits per heavy atom. The molecule has 2 unspecified atom stereocenters. The summed E-state index contributed by atoms with van der Waals surface area (Å²) < 4.78 is 5.52. The number of benzene rings is 1. The maximum atomic E-state index is 9.53. The number of aryl methyl sites for hydroxylation is 1. The SMILES string of the molecule is CCC(O)CCc1cccc(OCC(O)CC)c1. The summed E-state index contributed by atoms with van der Waals surface area (Å²) in [6, 6.07) is 7.85. The van der Waals surface area contributed by atoms with Gasteiger partial charge in [-0.25, -0.2) is 0 Å². The normalized spacial score (nSPS) is 14.2. The van der Waals surface area contributed by atoms with Crippen LogP contribution >= 0.6 is 0 Å². The molecule has 1 aromatic rings. The molecule has 102 valence electrons. The van der Waals surface area contributed by atoms with Crippen molar-refractivity contribution < 1.29 is 14.9 Å². The van der Waals surface area contributed by atoms with E-state index in [4.69, 9.17) is 4.74 Å². The summed E-state index contributed by atoms with van der Waals surface area (Å²) in [7, 11) is 0. The third kappa shape index (κ3) is 5.52. The van der Waals surface area contributed by atoms with E-state index in [1.807, 2.05) is 38.1 Å². The summed E-state index contributed by atoms with van der Waals surface area (Å²) in [5.41, 5.74) is 1.16. The molecule has 0 aromatic heterocycles. The van der Waals surface area contributed by atoms with Crippen molar-refractivity contribution in [2.24, 2.45) is 0 Å². The van der Waals surface area contributed by atoms with E-state index in [0.29, 0.717) is 13.0 Å². The highest BCUT2D eigenvalue weighted by Crippen LogP contribution is 2.16. The lowest BCUT2D eigenvalue weighted by Gasteiger charge is -2.12. The fraction of sp³-hybridized carbons (Fsp3) is 0.600. The predicted molar refractivity (Wildman–Crippen MR) is 72.9 cm³/mol. The van der Waals surface area contributed by atoms with Crippen LogP contribution in [0.1, 0.15) is 38.7 Å². The Kier molecular flexibility index (Phi) is 6.76. The van der Waals surface area contributed by atoms with Crippen LogP contribution in [0.3, 0.4) is 0 Å². The van der Waals surface area contributed by atoms with E-state index in [9.17, 15) is 10.2 Å². The van der Waals surface area contributed by atoms with Crippen LogP contribution in [0.5, 0.6) is 5.75 Å². The highest BCUT2D eigenvalue weighted by Gasteiger charge is 2.04. The van der Waals surface area contributed by atoms with Crippen LogP contribution in [0, 0.1) is 0 Å². The number of hydrogen-bond acceptors (Lipinski definition) is 3. The van der Waals surface area contributed by atoms with Gasteiger partial charge in [0, 0.05) is 0 Å². The lowest BCUT2D eigenvalue weighted by atomic mass is 10.1. The molecule has 2 N–H and O–H groups in total. The smallest absolute Gasteiger partial charge is 0.119 e. The quantitative estimate of drug-likeness (QED) is 0.747. The Morgan fingerprint density at radius 2 is 1.83 bits per heavy atom. The molecule has 0 radical (unpaired) electrons. The number of hydrogen-bond donors (Lipinski definition) is 2. The molecule has 18 heavy (non-hydrogen) atoms. The fourth-order valence-corrected chi connectivity index (χ4v) is 1.64. The van der Waals surface area contributed by atoms with Crippen molar-refractivity contribution >= 4 is 0 Å². The maximum absolute atomic E-state index is 9.53. The molecule has 0 spiro atoms. The average Bonchev–Trinajstić information content (AvgIpc) is 2.42. The Morgan fingerprint density at radius 3 is 2.50 bits per heavy atom. The summed E-state index contributed by atoms with van der Waals surface area (Å²) in [5, 5.41) is 19.0. The Balaban J connectivity index is 2.46. The van der Waals surface area contributed by atoms with Gasteiger partial charge in [-0.2, -0.15) is 0 Å². The van der Waals surface area contributed by atoms with Gasteiger partial charge in [0.05, 0.1) is 12.2 Å². The van der Waals surface area contributed by atoms with Gasteiger partial charge in [0.2, 0.25) is 0 Å². The van der Waals surface area contributed by atoms with Crippen molar-refractivity contribution in [3.63, 3.8) is 0 Å². The third-order valence-electron chi connectivity index (χ3n) is 3.05. The van der Waals surface area contributed by atoms with Gasteiger partial charge in [0.1, 0.15) is 12.4 Å². The molecule has 0 fully saturated rings. The molecule has 1 aromatic carbocycles. The minimum absolute atomic E-state index is 0.225. The number of aliphatic hydroxyl groups is 2.